The molecule has 0 bridgehead atoms. The van der Waals surface area contributed by atoms with Crippen LogP contribution < -0.4 is 4.74 Å². The van der Waals surface area contributed by atoms with Gasteiger partial charge in [-0.2, -0.15) is 5.10 Å². The summed E-state index contributed by atoms with van der Waals surface area (Å²) < 4.78 is 6.82. The average Bonchev–Trinajstić information content (AvgIpc) is 2.97. The van der Waals surface area contributed by atoms with Crippen LogP contribution in [0.1, 0.15) is 28.7 Å². The van der Waals surface area contributed by atoms with Gasteiger partial charge in [-0.1, -0.05) is 6.92 Å². The molecule has 0 amide bonds. The highest BCUT2D eigenvalue weighted by molar-refractivity contribution is 7.12. The maximum atomic E-state index is 12.2. The fraction of sp³-hybridized carbons (Fsp3) is 0.333. The highest BCUT2D eigenvalue weighted by atomic mass is 32.1. The van der Waals surface area contributed by atoms with Crippen molar-refractivity contribution in [3.05, 3.63) is 34.3 Å². The first-order chi connectivity index (χ1) is 8.26. The highest BCUT2D eigenvalue weighted by Gasteiger charge is 2.16. The summed E-state index contributed by atoms with van der Waals surface area (Å²) in [6, 6.07) is 3.51. The van der Waals surface area contributed by atoms with E-state index in [-0.39, 0.29) is 5.78 Å². The summed E-state index contributed by atoms with van der Waals surface area (Å²) in [5.74, 6) is 0.726. The Hall–Kier alpha value is -1.62. The number of ketones is 1. The third kappa shape index (κ3) is 2.39. The molecule has 5 heteroatoms. The molecular formula is C12H14N2O2S. The number of thiophene rings is 1. The number of nitrogens with zero attached hydrogens (tertiary/aromatic N) is 2. The molecule has 0 aromatic carbocycles. The van der Waals surface area contributed by atoms with Crippen LogP contribution in [0.15, 0.2) is 23.7 Å². The largest absolute Gasteiger partial charge is 0.496 e. The van der Waals surface area contributed by atoms with Crippen molar-refractivity contribution in [2.24, 2.45) is 0 Å². The monoisotopic (exact) mass is 250 g/mol. The fourth-order valence-electron chi connectivity index (χ4n) is 1.59. The zero-order valence-corrected chi connectivity index (χ0v) is 10.7. The number of rotatable bonds is 5. The molecule has 0 N–H and O–H groups in total. The van der Waals surface area contributed by atoms with E-state index in [4.69, 9.17) is 4.74 Å². The zero-order chi connectivity index (χ0) is 12.3. The summed E-state index contributed by atoms with van der Waals surface area (Å²) in [4.78, 5) is 12.9. The quantitative estimate of drug-likeness (QED) is 0.766. The van der Waals surface area contributed by atoms with Gasteiger partial charge in [-0.15, -0.1) is 11.3 Å². The van der Waals surface area contributed by atoms with Gasteiger partial charge in [0.25, 0.3) is 0 Å². The predicted octanol–water partition coefficient (Wildman–Crippen LogP) is 2.59. The van der Waals surface area contributed by atoms with Crippen molar-refractivity contribution in [1.82, 2.24) is 9.78 Å². The second kappa shape index (κ2) is 5.14. The number of carbonyl (C=O) groups is 1. The van der Waals surface area contributed by atoms with Crippen LogP contribution in [0.5, 0.6) is 5.75 Å². The van der Waals surface area contributed by atoms with E-state index in [1.165, 1.54) is 11.3 Å². The van der Waals surface area contributed by atoms with E-state index in [2.05, 4.69) is 12.0 Å². The van der Waals surface area contributed by atoms with E-state index < -0.39 is 0 Å². The van der Waals surface area contributed by atoms with Crippen LogP contribution in [0, 0.1) is 0 Å². The Morgan fingerprint density at radius 2 is 2.41 bits per heavy atom. The van der Waals surface area contributed by atoms with Crippen LogP contribution in [-0.4, -0.2) is 22.7 Å². The topological polar surface area (TPSA) is 44.1 Å². The molecule has 2 heterocycles. The van der Waals surface area contributed by atoms with Gasteiger partial charge in [-0.25, -0.2) is 0 Å². The molecule has 0 atom stereocenters. The standard InChI is InChI=1S/C12H14N2O2S/c1-3-6-14-10(4-5-13-14)12(15)11-7-9(16-2)8-17-11/h4-5,7-8H,3,6H2,1-2H3. The summed E-state index contributed by atoms with van der Waals surface area (Å²) in [6.07, 6.45) is 2.61. The molecule has 90 valence electrons. The van der Waals surface area contributed by atoms with Gasteiger partial charge < -0.3 is 4.74 Å². The Morgan fingerprint density at radius 3 is 3.06 bits per heavy atom. The molecule has 0 radical (unpaired) electrons. The zero-order valence-electron chi connectivity index (χ0n) is 9.84. The van der Waals surface area contributed by atoms with Crippen LogP contribution in [0.4, 0.5) is 0 Å². The summed E-state index contributed by atoms with van der Waals surface area (Å²) >= 11 is 1.39. The summed E-state index contributed by atoms with van der Waals surface area (Å²) in [7, 11) is 1.59. The molecule has 0 saturated heterocycles. The van der Waals surface area contributed by atoms with Gasteiger partial charge in [0, 0.05) is 24.2 Å². The molecule has 4 nitrogen and oxygen atoms in total. The first-order valence-corrected chi connectivity index (χ1v) is 6.33. The molecule has 0 unspecified atom stereocenters. The third-order valence-electron chi connectivity index (χ3n) is 2.42. The lowest BCUT2D eigenvalue weighted by molar-refractivity contribution is 0.103. The Bertz CT molecular complexity index is 516. The van der Waals surface area contributed by atoms with Gasteiger partial charge in [-0.3, -0.25) is 9.48 Å². The lowest BCUT2D eigenvalue weighted by atomic mass is 10.2. The Balaban J connectivity index is 2.27. The minimum absolute atomic E-state index is 0.00394. The highest BCUT2D eigenvalue weighted by Crippen LogP contribution is 2.23. The second-order valence-corrected chi connectivity index (χ2v) is 4.53. The number of aromatic nitrogens is 2. The number of ether oxygens (including phenoxy) is 1. The predicted molar refractivity (Wildman–Crippen MR) is 66.8 cm³/mol. The van der Waals surface area contributed by atoms with Crippen molar-refractivity contribution >= 4 is 17.1 Å². The molecule has 0 spiro atoms. The Labute approximate surface area is 104 Å². The van der Waals surface area contributed by atoms with Gasteiger partial charge in [0.15, 0.2) is 0 Å². The van der Waals surface area contributed by atoms with Crippen LogP contribution in [-0.2, 0) is 6.54 Å². The van der Waals surface area contributed by atoms with Gasteiger partial charge in [0.2, 0.25) is 5.78 Å². The van der Waals surface area contributed by atoms with Crippen molar-refractivity contribution in [3.63, 3.8) is 0 Å². The Morgan fingerprint density at radius 1 is 1.59 bits per heavy atom. The van der Waals surface area contributed by atoms with Gasteiger partial charge in [0.1, 0.15) is 11.4 Å². The van der Waals surface area contributed by atoms with Crippen molar-refractivity contribution in [3.8, 4) is 5.75 Å². The molecule has 17 heavy (non-hydrogen) atoms. The number of carbonyl (C=O) groups excluding carboxylic acids is 1. The maximum Gasteiger partial charge on any atom is 0.221 e. The van der Waals surface area contributed by atoms with Crippen LogP contribution in [0.3, 0.4) is 0 Å². The molecule has 0 aliphatic carbocycles. The van der Waals surface area contributed by atoms with Crippen molar-refractivity contribution < 1.29 is 9.53 Å². The minimum Gasteiger partial charge on any atom is -0.496 e. The van der Waals surface area contributed by atoms with E-state index in [1.807, 2.05) is 5.38 Å². The lowest BCUT2D eigenvalue weighted by Crippen LogP contribution is -2.10. The SMILES string of the molecule is CCCn1nccc1C(=O)c1cc(OC)cs1. The van der Waals surface area contributed by atoms with Crippen molar-refractivity contribution in [1.29, 1.82) is 0 Å². The normalized spacial score (nSPS) is 10.5. The number of aryl methyl sites for hydroxylation is 1. The number of hydrogen-bond donors (Lipinski definition) is 0. The third-order valence-corrected chi connectivity index (χ3v) is 3.33. The number of hydrogen-bond acceptors (Lipinski definition) is 4. The molecule has 2 aromatic heterocycles. The second-order valence-electron chi connectivity index (χ2n) is 3.62. The van der Waals surface area contributed by atoms with Crippen LogP contribution in [0.25, 0.3) is 0 Å². The van der Waals surface area contributed by atoms with E-state index in [9.17, 15) is 4.79 Å². The molecule has 0 aliphatic heterocycles. The lowest BCUT2D eigenvalue weighted by Gasteiger charge is -2.03. The van der Waals surface area contributed by atoms with Crippen LogP contribution >= 0.6 is 11.3 Å². The molecule has 2 aromatic rings. The van der Waals surface area contributed by atoms with Gasteiger partial charge in [0.05, 0.1) is 12.0 Å². The van der Waals surface area contributed by atoms with Crippen LogP contribution in [0.2, 0.25) is 0 Å². The minimum atomic E-state index is 0.00394. The molecule has 0 aliphatic rings. The van der Waals surface area contributed by atoms with Gasteiger partial charge in [-0.05, 0) is 12.5 Å². The summed E-state index contributed by atoms with van der Waals surface area (Å²) in [5.41, 5.74) is 0.636. The molecular weight excluding hydrogens is 236 g/mol. The molecule has 0 fully saturated rings. The van der Waals surface area contributed by atoms with Crippen molar-refractivity contribution in [2.75, 3.05) is 7.11 Å². The van der Waals surface area contributed by atoms with Gasteiger partial charge >= 0.3 is 0 Å². The first-order valence-electron chi connectivity index (χ1n) is 5.45. The van der Waals surface area contributed by atoms with E-state index >= 15 is 0 Å². The van der Waals surface area contributed by atoms with E-state index in [0.717, 1.165) is 18.7 Å². The Kier molecular flexibility index (Phi) is 3.58. The summed E-state index contributed by atoms with van der Waals surface area (Å²) in [6.45, 7) is 2.82. The summed E-state index contributed by atoms with van der Waals surface area (Å²) in [5, 5.41) is 5.98. The maximum absolute atomic E-state index is 12.2. The van der Waals surface area contributed by atoms with E-state index in [1.54, 1.807) is 30.1 Å². The van der Waals surface area contributed by atoms with E-state index in [0.29, 0.717) is 10.6 Å². The fourth-order valence-corrected chi connectivity index (χ4v) is 2.39. The number of methoxy groups -OCH3 is 1. The average molecular weight is 250 g/mol. The first kappa shape index (κ1) is 11.9. The van der Waals surface area contributed by atoms with Crippen molar-refractivity contribution in [2.45, 2.75) is 19.9 Å². The molecule has 0 saturated carbocycles. The smallest absolute Gasteiger partial charge is 0.221 e. The molecule has 2 rings (SSSR count).